The van der Waals surface area contributed by atoms with Crippen LogP contribution in [0.4, 0.5) is 4.39 Å². The van der Waals surface area contributed by atoms with Gasteiger partial charge in [0.2, 0.25) is 0 Å². The molecule has 0 N–H and O–H groups in total. The molecule has 1 unspecified atom stereocenters. The van der Waals surface area contributed by atoms with Gasteiger partial charge in [0.15, 0.2) is 11.5 Å². The largest absolute Gasteiger partial charge is 0.493 e. The predicted octanol–water partition coefficient (Wildman–Crippen LogP) is 5.25. The zero-order valence-corrected chi connectivity index (χ0v) is 13.7. The van der Waals surface area contributed by atoms with Gasteiger partial charge in [-0.1, -0.05) is 48.0 Å². The van der Waals surface area contributed by atoms with Gasteiger partial charge in [0, 0.05) is 16.5 Å². The standard InChI is InChI=1S/C16H22BrFO2/c1-19-15-9-12(14(18)10-16(15)20-2)13(17)8-11-6-4-3-5-7-11/h9-11,13H,3-8H2,1-2H3. The molecule has 2 nitrogen and oxygen atoms in total. The van der Waals surface area contributed by atoms with Crippen molar-refractivity contribution >= 4 is 15.9 Å². The van der Waals surface area contributed by atoms with Crippen molar-refractivity contribution in [2.24, 2.45) is 5.92 Å². The highest BCUT2D eigenvalue weighted by Crippen LogP contribution is 2.40. The zero-order chi connectivity index (χ0) is 14.5. The van der Waals surface area contributed by atoms with Crippen LogP contribution in [0.2, 0.25) is 0 Å². The molecule has 112 valence electrons. The summed E-state index contributed by atoms with van der Waals surface area (Å²) in [5.41, 5.74) is 0.660. The first-order chi connectivity index (χ1) is 9.65. The lowest BCUT2D eigenvalue weighted by atomic mass is 9.85. The summed E-state index contributed by atoms with van der Waals surface area (Å²) < 4.78 is 24.6. The number of hydrogen-bond donors (Lipinski definition) is 0. The van der Waals surface area contributed by atoms with Gasteiger partial charge in [-0.05, 0) is 18.4 Å². The van der Waals surface area contributed by atoms with Crippen molar-refractivity contribution in [3.63, 3.8) is 0 Å². The van der Waals surface area contributed by atoms with Crippen molar-refractivity contribution in [2.75, 3.05) is 14.2 Å². The highest BCUT2D eigenvalue weighted by Gasteiger charge is 2.22. The summed E-state index contributed by atoms with van der Waals surface area (Å²) in [6.07, 6.45) is 7.45. The molecule has 1 saturated carbocycles. The van der Waals surface area contributed by atoms with Crippen molar-refractivity contribution in [1.82, 2.24) is 0 Å². The fraction of sp³-hybridized carbons (Fsp3) is 0.625. The number of hydrogen-bond acceptors (Lipinski definition) is 2. The molecule has 0 saturated heterocycles. The molecule has 0 amide bonds. The third kappa shape index (κ3) is 3.66. The van der Waals surface area contributed by atoms with Crippen LogP contribution in [0, 0.1) is 11.7 Å². The Morgan fingerprint density at radius 3 is 2.35 bits per heavy atom. The maximum atomic E-state index is 14.2. The van der Waals surface area contributed by atoms with Gasteiger partial charge >= 0.3 is 0 Å². The summed E-state index contributed by atoms with van der Waals surface area (Å²) in [6, 6.07) is 3.15. The van der Waals surface area contributed by atoms with Crippen LogP contribution in [0.1, 0.15) is 48.9 Å². The van der Waals surface area contributed by atoms with Crippen LogP contribution in [0.25, 0.3) is 0 Å². The van der Waals surface area contributed by atoms with E-state index in [-0.39, 0.29) is 10.6 Å². The van der Waals surface area contributed by atoms with Gasteiger partial charge < -0.3 is 9.47 Å². The first-order valence-electron chi connectivity index (χ1n) is 7.21. The Kier molecular flexibility index (Phi) is 5.70. The lowest BCUT2D eigenvalue weighted by molar-refractivity contribution is 0.334. The normalized spacial score (nSPS) is 17.8. The Bertz CT molecular complexity index is 444. The lowest BCUT2D eigenvalue weighted by Crippen LogP contribution is -2.09. The molecule has 0 heterocycles. The maximum absolute atomic E-state index is 14.2. The van der Waals surface area contributed by atoms with Crippen LogP contribution in [0.15, 0.2) is 12.1 Å². The first-order valence-corrected chi connectivity index (χ1v) is 8.12. The summed E-state index contributed by atoms with van der Waals surface area (Å²) >= 11 is 3.65. The highest BCUT2D eigenvalue weighted by molar-refractivity contribution is 9.09. The van der Waals surface area contributed by atoms with Crippen LogP contribution in [0.3, 0.4) is 0 Å². The minimum absolute atomic E-state index is 0.0328. The van der Waals surface area contributed by atoms with Gasteiger partial charge in [0.05, 0.1) is 14.2 Å². The quantitative estimate of drug-likeness (QED) is 0.679. The van der Waals surface area contributed by atoms with Crippen LogP contribution >= 0.6 is 15.9 Å². The minimum atomic E-state index is -0.236. The highest BCUT2D eigenvalue weighted by atomic mass is 79.9. The van der Waals surface area contributed by atoms with Gasteiger partial charge in [-0.3, -0.25) is 0 Å². The molecule has 4 heteroatoms. The van der Waals surface area contributed by atoms with Gasteiger partial charge in [-0.15, -0.1) is 0 Å². The van der Waals surface area contributed by atoms with E-state index in [0.717, 1.165) is 6.42 Å². The number of alkyl halides is 1. The molecule has 1 fully saturated rings. The first kappa shape index (κ1) is 15.6. The Hall–Kier alpha value is -0.770. The van der Waals surface area contributed by atoms with E-state index in [4.69, 9.17) is 9.47 Å². The molecule has 0 spiro atoms. The van der Waals surface area contributed by atoms with Gasteiger partial charge in [0.1, 0.15) is 5.82 Å². The van der Waals surface area contributed by atoms with Gasteiger partial charge in [-0.25, -0.2) is 4.39 Å². The van der Waals surface area contributed by atoms with E-state index < -0.39 is 0 Å². The van der Waals surface area contributed by atoms with E-state index in [1.165, 1.54) is 45.3 Å². The van der Waals surface area contributed by atoms with Crippen LogP contribution < -0.4 is 9.47 Å². The van der Waals surface area contributed by atoms with E-state index in [9.17, 15) is 4.39 Å². The molecule has 0 radical (unpaired) electrons. The van der Waals surface area contributed by atoms with Crippen LogP contribution in [0.5, 0.6) is 11.5 Å². The lowest BCUT2D eigenvalue weighted by Gasteiger charge is -2.24. The maximum Gasteiger partial charge on any atom is 0.163 e. The summed E-state index contributed by atoms with van der Waals surface area (Å²) in [6.45, 7) is 0. The molecule has 1 aliphatic rings. The third-order valence-electron chi connectivity index (χ3n) is 4.11. The molecule has 0 bridgehead atoms. The second kappa shape index (κ2) is 7.30. The predicted molar refractivity (Wildman–Crippen MR) is 82.4 cm³/mol. The van der Waals surface area contributed by atoms with E-state index >= 15 is 0 Å². The zero-order valence-electron chi connectivity index (χ0n) is 12.1. The molecular formula is C16H22BrFO2. The topological polar surface area (TPSA) is 18.5 Å². The second-order valence-corrected chi connectivity index (χ2v) is 6.54. The molecule has 1 aliphatic carbocycles. The minimum Gasteiger partial charge on any atom is -0.493 e. The van der Waals surface area contributed by atoms with Crippen molar-refractivity contribution in [2.45, 2.75) is 43.4 Å². The Labute approximate surface area is 128 Å². The Balaban J connectivity index is 2.13. The molecular weight excluding hydrogens is 323 g/mol. The van der Waals surface area contributed by atoms with Crippen molar-refractivity contribution in [3.05, 3.63) is 23.5 Å². The van der Waals surface area contributed by atoms with Crippen molar-refractivity contribution in [3.8, 4) is 11.5 Å². The fourth-order valence-corrected chi connectivity index (χ4v) is 3.83. The Morgan fingerprint density at radius 2 is 1.75 bits per heavy atom. The van der Waals surface area contributed by atoms with E-state index in [1.807, 2.05) is 0 Å². The number of ether oxygens (including phenoxy) is 2. The smallest absolute Gasteiger partial charge is 0.163 e. The molecule has 1 aromatic rings. The molecule has 1 aromatic carbocycles. The van der Waals surface area contributed by atoms with Crippen LogP contribution in [-0.4, -0.2) is 14.2 Å². The van der Waals surface area contributed by atoms with Gasteiger partial charge in [0.25, 0.3) is 0 Å². The van der Waals surface area contributed by atoms with E-state index in [2.05, 4.69) is 15.9 Å². The number of benzene rings is 1. The Morgan fingerprint density at radius 1 is 1.15 bits per heavy atom. The summed E-state index contributed by atoms with van der Waals surface area (Å²) in [7, 11) is 3.09. The monoisotopic (exact) mass is 344 g/mol. The molecule has 0 aliphatic heterocycles. The molecule has 1 atom stereocenters. The summed E-state index contributed by atoms with van der Waals surface area (Å²) in [5, 5.41) is 0. The summed E-state index contributed by atoms with van der Waals surface area (Å²) in [4.78, 5) is 0.0328. The van der Waals surface area contributed by atoms with Crippen LogP contribution in [-0.2, 0) is 0 Å². The SMILES string of the molecule is COc1cc(F)c(C(Br)CC2CCCCC2)cc1OC. The molecule has 0 aromatic heterocycles. The second-order valence-electron chi connectivity index (χ2n) is 5.44. The van der Waals surface area contributed by atoms with Crippen molar-refractivity contribution < 1.29 is 13.9 Å². The average molecular weight is 345 g/mol. The average Bonchev–Trinajstić information content (AvgIpc) is 2.47. The third-order valence-corrected chi connectivity index (χ3v) is 4.97. The van der Waals surface area contributed by atoms with Crippen molar-refractivity contribution in [1.29, 1.82) is 0 Å². The summed E-state index contributed by atoms with van der Waals surface area (Å²) in [5.74, 6) is 1.48. The number of methoxy groups -OCH3 is 2. The number of rotatable bonds is 5. The number of halogens is 2. The molecule has 20 heavy (non-hydrogen) atoms. The van der Waals surface area contributed by atoms with Gasteiger partial charge in [-0.2, -0.15) is 0 Å². The fourth-order valence-electron chi connectivity index (χ4n) is 2.95. The van der Waals surface area contributed by atoms with E-state index in [1.54, 1.807) is 13.2 Å². The van der Waals surface area contributed by atoms with E-state index in [0.29, 0.717) is 23.0 Å². The molecule has 2 rings (SSSR count).